The Labute approximate surface area is 214 Å². The molecule has 0 bridgehead atoms. The van der Waals surface area contributed by atoms with E-state index in [9.17, 15) is 9.59 Å². The van der Waals surface area contributed by atoms with E-state index in [1.165, 1.54) is 6.08 Å². The normalized spacial score (nSPS) is 26.0. The van der Waals surface area contributed by atoms with Crippen molar-refractivity contribution >= 4 is 11.8 Å². The molecule has 0 aliphatic heterocycles. The van der Waals surface area contributed by atoms with Crippen LogP contribution in [0.4, 0.5) is 0 Å². The van der Waals surface area contributed by atoms with Crippen molar-refractivity contribution in [1.29, 1.82) is 0 Å². The predicted octanol–water partition coefficient (Wildman–Crippen LogP) is 5.03. The molecule has 0 radical (unpaired) electrons. The van der Waals surface area contributed by atoms with Crippen LogP contribution < -0.4 is 4.74 Å². The quantitative estimate of drug-likeness (QED) is 0.153. The lowest BCUT2D eigenvalue weighted by atomic mass is 9.59. The molecule has 198 valence electrons. The van der Waals surface area contributed by atoms with Crippen molar-refractivity contribution in [1.82, 2.24) is 0 Å². The summed E-state index contributed by atoms with van der Waals surface area (Å²) in [6.45, 7) is 9.28. The zero-order chi connectivity index (χ0) is 26.2. The molecule has 1 saturated carbocycles. The van der Waals surface area contributed by atoms with Crippen molar-refractivity contribution in [3.05, 3.63) is 54.1 Å². The maximum atomic E-state index is 13.3. The third-order valence-electron chi connectivity index (χ3n) is 7.88. The van der Waals surface area contributed by atoms with Crippen LogP contribution in [0.1, 0.15) is 51.5 Å². The largest absolute Gasteiger partial charge is 0.497 e. The first-order chi connectivity index (χ1) is 17.3. The molecule has 0 heterocycles. The van der Waals surface area contributed by atoms with Gasteiger partial charge in [0.05, 0.1) is 13.7 Å². The van der Waals surface area contributed by atoms with E-state index in [0.717, 1.165) is 30.6 Å². The Kier molecular flexibility index (Phi) is 9.88. The van der Waals surface area contributed by atoms with Gasteiger partial charge in [0.15, 0.2) is 5.78 Å². The van der Waals surface area contributed by atoms with Crippen LogP contribution in [0.2, 0.25) is 0 Å². The summed E-state index contributed by atoms with van der Waals surface area (Å²) < 4.78 is 28.1. The topological polar surface area (TPSA) is 80.3 Å². The van der Waals surface area contributed by atoms with Crippen LogP contribution >= 0.6 is 0 Å². The highest BCUT2D eigenvalue weighted by Gasteiger charge is 2.62. The Bertz CT molecular complexity index is 937. The first kappa shape index (κ1) is 28.1. The van der Waals surface area contributed by atoms with E-state index < -0.39 is 11.6 Å². The maximum Gasteiger partial charge on any atom is 0.313 e. The van der Waals surface area contributed by atoms with Crippen molar-refractivity contribution in [2.24, 2.45) is 17.3 Å². The van der Waals surface area contributed by atoms with Crippen LogP contribution in [0.3, 0.4) is 0 Å². The number of fused-ring (bicyclic) bond motifs is 1. The number of carbonyl (C=O) groups is 2. The second-order valence-electron chi connectivity index (χ2n) is 10.0. The molecular weight excluding hydrogens is 460 g/mol. The van der Waals surface area contributed by atoms with Gasteiger partial charge < -0.3 is 23.7 Å². The standard InChI is InChI=1S/C29H40O7/c1-6-16-35-27(31)17-26(30)25-8-7-14-28(3)24(13-15-29(25,28)36-20-32-4)21(2)18-34-19-22-9-11-23(33-5)12-10-22/h6,8-12,21,24H,1,7,13-20H2,2-5H3/t21-,24+,28+,29-/m0/s1. The lowest BCUT2D eigenvalue weighted by Gasteiger charge is -2.50. The Balaban J connectivity index is 1.73. The second kappa shape index (κ2) is 12.7. The number of Topliss-reactive ketones (excluding diaryl/α,β-unsaturated/α-hetero) is 1. The fourth-order valence-electron chi connectivity index (χ4n) is 6.13. The number of allylic oxidation sites excluding steroid dienone is 1. The lowest BCUT2D eigenvalue weighted by Crippen LogP contribution is -2.53. The van der Waals surface area contributed by atoms with Crippen LogP contribution in [-0.4, -0.2) is 51.6 Å². The fourth-order valence-corrected chi connectivity index (χ4v) is 6.13. The van der Waals surface area contributed by atoms with Crippen LogP contribution in [0, 0.1) is 17.3 Å². The lowest BCUT2D eigenvalue weighted by molar-refractivity contribution is -0.172. The monoisotopic (exact) mass is 500 g/mol. The van der Waals surface area contributed by atoms with Gasteiger partial charge in [-0.1, -0.05) is 44.7 Å². The van der Waals surface area contributed by atoms with Crippen molar-refractivity contribution in [2.45, 2.75) is 58.2 Å². The average molecular weight is 501 g/mol. The zero-order valence-corrected chi connectivity index (χ0v) is 22.0. The molecule has 1 aromatic carbocycles. The van der Waals surface area contributed by atoms with Gasteiger partial charge in [-0.2, -0.15) is 0 Å². The van der Waals surface area contributed by atoms with Gasteiger partial charge in [0, 0.05) is 24.7 Å². The molecule has 7 nitrogen and oxygen atoms in total. The highest BCUT2D eigenvalue weighted by atomic mass is 16.7. The molecule has 0 spiro atoms. The van der Waals surface area contributed by atoms with E-state index in [4.69, 9.17) is 23.7 Å². The van der Waals surface area contributed by atoms with Gasteiger partial charge >= 0.3 is 5.97 Å². The first-order valence-electron chi connectivity index (χ1n) is 12.6. The smallest absolute Gasteiger partial charge is 0.313 e. The Morgan fingerprint density at radius 3 is 2.61 bits per heavy atom. The average Bonchev–Trinajstić information content (AvgIpc) is 3.19. The van der Waals surface area contributed by atoms with Crippen molar-refractivity contribution < 1.29 is 33.3 Å². The van der Waals surface area contributed by atoms with Crippen molar-refractivity contribution in [3.8, 4) is 5.75 Å². The second-order valence-corrected chi connectivity index (χ2v) is 10.0. The minimum Gasteiger partial charge on any atom is -0.497 e. The fraction of sp³-hybridized carbons (Fsp3) is 0.586. The summed E-state index contributed by atoms with van der Waals surface area (Å²) >= 11 is 0. The molecule has 4 atom stereocenters. The molecule has 0 aromatic heterocycles. The molecule has 0 amide bonds. The summed E-state index contributed by atoms with van der Waals surface area (Å²) in [5, 5.41) is 0. The predicted molar refractivity (Wildman–Crippen MR) is 136 cm³/mol. The maximum absolute atomic E-state index is 13.3. The molecule has 0 N–H and O–H groups in total. The van der Waals surface area contributed by atoms with Crippen LogP contribution in [0.15, 0.2) is 48.6 Å². The minimum absolute atomic E-state index is 0.0796. The van der Waals surface area contributed by atoms with Gasteiger partial charge in [-0.3, -0.25) is 9.59 Å². The SMILES string of the molecule is C=CCOC(=O)CC(=O)C1=CCC[C@]2(C)[C@@H]([C@@H](C)COCc3ccc(OC)cc3)CC[C@]12OCOC. The van der Waals surface area contributed by atoms with E-state index in [-0.39, 0.29) is 42.9 Å². The molecule has 2 aliphatic rings. The Morgan fingerprint density at radius 1 is 1.19 bits per heavy atom. The van der Waals surface area contributed by atoms with Gasteiger partial charge in [-0.25, -0.2) is 0 Å². The van der Waals surface area contributed by atoms with E-state index in [1.807, 2.05) is 30.3 Å². The first-order valence-corrected chi connectivity index (χ1v) is 12.6. The third kappa shape index (κ3) is 5.90. The van der Waals surface area contributed by atoms with Crippen LogP contribution in [0.5, 0.6) is 5.75 Å². The Morgan fingerprint density at radius 2 is 1.94 bits per heavy atom. The number of methoxy groups -OCH3 is 2. The van der Waals surface area contributed by atoms with Crippen molar-refractivity contribution in [3.63, 3.8) is 0 Å². The summed E-state index contributed by atoms with van der Waals surface area (Å²) in [5.41, 5.74) is 0.582. The van der Waals surface area contributed by atoms with Crippen molar-refractivity contribution in [2.75, 3.05) is 34.2 Å². The summed E-state index contributed by atoms with van der Waals surface area (Å²) in [6, 6.07) is 7.88. The number of hydrogen-bond acceptors (Lipinski definition) is 7. The summed E-state index contributed by atoms with van der Waals surface area (Å²) in [4.78, 5) is 25.5. The molecule has 1 aromatic rings. The Hall–Kier alpha value is -2.48. The number of ether oxygens (including phenoxy) is 5. The minimum atomic E-state index is -0.800. The van der Waals surface area contributed by atoms with E-state index in [1.54, 1.807) is 14.2 Å². The highest BCUT2D eigenvalue weighted by molar-refractivity contribution is 6.07. The molecule has 0 saturated heterocycles. The number of esters is 1. The molecule has 7 heteroatoms. The molecule has 0 unspecified atom stereocenters. The molecule has 3 rings (SSSR count). The van der Waals surface area contributed by atoms with Gasteiger partial charge in [0.2, 0.25) is 0 Å². The van der Waals surface area contributed by atoms with Gasteiger partial charge in [-0.15, -0.1) is 0 Å². The van der Waals surface area contributed by atoms with Gasteiger partial charge in [-0.05, 0) is 55.2 Å². The van der Waals surface area contributed by atoms with Crippen LogP contribution in [0.25, 0.3) is 0 Å². The third-order valence-corrected chi connectivity index (χ3v) is 7.88. The van der Waals surface area contributed by atoms with E-state index in [2.05, 4.69) is 20.4 Å². The van der Waals surface area contributed by atoms with Gasteiger partial charge in [0.1, 0.15) is 31.2 Å². The summed E-state index contributed by atoms with van der Waals surface area (Å²) in [7, 11) is 3.23. The molecule has 2 aliphatic carbocycles. The number of hydrogen-bond donors (Lipinski definition) is 0. The number of benzene rings is 1. The van der Waals surface area contributed by atoms with E-state index >= 15 is 0 Å². The van der Waals surface area contributed by atoms with Gasteiger partial charge in [0.25, 0.3) is 0 Å². The molecular formula is C29H40O7. The molecule has 36 heavy (non-hydrogen) atoms. The van der Waals surface area contributed by atoms with Crippen LogP contribution in [-0.2, 0) is 35.1 Å². The zero-order valence-electron chi connectivity index (χ0n) is 22.0. The molecule has 1 fully saturated rings. The summed E-state index contributed by atoms with van der Waals surface area (Å²) in [6.07, 6.45) is 6.38. The number of rotatable bonds is 14. The highest BCUT2D eigenvalue weighted by Crippen LogP contribution is 2.62. The summed E-state index contributed by atoms with van der Waals surface area (Å²) in [5.74, 6) is 0.575. The number of ketones is 1. The van der Waals surface area contributed by atoms with E-state index in [0.29, 0.717) is 25.2 Å². The number of carbonyl (C=O) groups excluding carboxylic acids is 2.